The van der Waals surface area contributed by atoms with E-state index in [1.807, 2.05) is 13.8 Å². The normalized spacial score (nSPS) is 19.6. The van der Waals surface area contributed by atoms with Gasteiger partial charge in [-0.1, -0.05) is 32.8 Å². The SMILES string of the molecule is CC(C)[C@@H](NC(=O)CC1CCCC1)C(=O)N1CCC(c2ccc(F)c(F)c2)CC1. The minimum absolute atomic E-state index is 0.0129. The zero-order chi connectivity index (χ0) is 21.0. The minimum atomic E-state index is -0.838. The zero-order valence-corrected chi connectivity index (χ0v) is 17.4. The van der Waals surface area contributed by atoms with Gasteiger partial charge >= 0.3 is 0 Å². The third-order valence-corrected chi connectivity index (χ3v) is 6.42. The maximum Gasteiger partial charge on any atom is 0.245 e. The van der Waals surface area contributed by atoms with Crippen LogP contribution in [0, 0.1) is 23.5 Å². The average molecular weight is 407 g/mol. The zero-order valence-electron chi connectivity index (χ0n) is 17.4. The topological polar surface area (TPSA) is 49.4 Å². The summed E-state index contributed by atoms with van der Waals surface area (Å²) in [5.74, 6) is -1.16. The third-order valence-electron chi connectivity index (χ3n) is 6.42. The van der Waals surface area contributed by atoms with Crippen LogP contribution in [0.4, 0.5) is 8.78 Å². The third kappa shape index (κ3) is 5.55. The lowest BCUT2D eigenvalue weighted by Gasteiger charge is -2.35. The summed E-state index contributed by atoms with van der Waals surface area (Å²) in [6.07, 6.45) is 6.51. The van der Waals surface area contributed by atoms with E-state index in [0.29, 0.717) is 38.3 Å². The number of rotatable bonds is 6. The molecule has 4 nitrogen and oxygen atoms in total. The summed E-state index contributed by atoms with van der Waals surface area (Å²) in [6, 6.07) is 3.54. The summed E-state index contributed by atoms with van der Waals surface area (Å²) < 4.78 is 26.7. The Kier molecular flexibility index (Phi) is 7.25. The Morgan fingerprint density at radius 2 is 1.72 bits per heavy atom. The van der Waals surface area contributed by atoms with Crippen LogP contribution in [0.1, 0.15) is 70.3 Å². The van der Waals surface area contributed by atoms with Gasteiger partial charge in [-0.15, -0.1) is 0 Å². The van der Waals surface area contributed by atoms with Crippen molar-refractivity contribution in [1.82, 2.24) is 10.2 Å². The number of amides is 2. The fourth-order valence-electron chi connectivity index (χ4n) is 4.62. The van der Waals surface area contributed by atoms with Crippen molar-refractivity contribution in [2.75, 3.05) is 13.1 Å². The van der Waals surface area contributed by atoms with Gasteiger partial charge in [-0.05, 0) is 61.1 Å². The number of nitrogens with one attached hydrogen (secondary N) is 1. The van der Waals surface area contributed by atoms with Crippen molar-refractivity contribution in [3.8, 4) is 0 Å². The fourth-order valence-corrected chi connectivity index (χ4v) is 4.62. The van der Waals surface area contributed by atoms with Gasteiger partial charge in [0.05, 0.1) is 0 Å². The van der Waals surface area contributed by atoms with E-state index in [0.717, 1.165) is 24.5 Å². The van der Waals surface area contributed by atoms with Crippen LogP contribution in [0.3, 0.4) is 0 Å². The van der Waals surface area contributed by atoms with Gasteiger partial charge in [0.15, 0.2) is 11.6 Å². The number of carbonyl (C=O) groups is 2. The number of piperidine rings is 1. The number of benzene rings is 1. The molecule has 2 fully saturated rings. The van der Waals surface area contributed by atoms with Crippen molar-refractivity contribution in [1.29, 1.82) is 0 Å². The van der Waals surface area contributed by atoms with Crippen LogP contribution in [0.2, 0.25) is 0 Å². The molecule has 3 rings (SSSR count). The summed E-state index contributed by atoms with van der Waals surface area (Å²) in [5.41, 5.74) is 0.779. The maximum atomic E-state index is 13.5. The fraction of sp³-hybridized carbons (Fsp3) is 0.652. The summed E-state index contributed by atoms with van der Waals surface area (Å²) in [7, 11) is 0. The molecule has 0 unspecified atom stereocenters. The largest absolute Gasteiger partial charge is 0.344 e. The van der Waals surface area contributed by atoms with Gasteiger partial charge in [0.2, 0.25) is 11.8 Å². The first-order valence-corrected chi connectivity index (χ1v) is 10.9. The molecule has 1 aliphatic carbocycles. The van der Waals surface area contributed by atoms with Crippen LogP contribution in [0.5, 0.6) is 0 Å². The Morgan fingerprint density at radius 1 is 1.07 bits per heavy atom. The van der Waals surface area contributed by atoms with Gasteiger partial charge in [0, 0.05) is 19.5 Å². The van der Waals surface area contributed by atoms with Crippen molar-refractivity contribution >= 4 is 11.8 Å². The standard InChI is InChI=1S/C23H32F2N2O2/c1-15(2)22(26-21(28)13-16-5-3-4-6-16)23(29)27-11-9-17(10-12-27)18-7-8-19(24)20(25)14-18/h7-8,14-17,22H,3-6,9-13H2,1-2H3,(H,26,28)/t22-/m1/s1. The van der Waals surface area contributed by atoms with E-state index in [2.05, 4.69) is 5.32 Å². The first-order valence-electron chi connectivity index (χ1n) is 10.9. The molecular weight excluding hydrogens is 374 g/mol. The lowest BCUT2D eigenvalue weighted by Crippen LogP contribution is -2.53. The quantitative estimate of drug-likeness (QED) is 0.762. The minimum Gasteiger partial charge on any atom is -0.344 e. The molecule has 1 saturated carbocycles. The summed E-state index contributed by atoms with van der Waals surface area (Å²) in [6.45, 7) is 5.02. The van der Waals surface area contributed by atoms with Gasteiger partial charge in [-0.2, -0.15) is 0 Å². The van der Waals surface area contributed by atoms with Crippen LogP contribution in [-0.2, 0) is 9.59 Å². The Balaban J connectivity index is 1.55. The predicted molar refractivity (Wildman–Crippen MR) is 108 cm³/mol. The molecule has 2 aliphatic rings. The monoisotopic (exact) mass is 406 g/mol. The van der Waals surface area contributed by atoms with Crippen LogP contribution in [-0.4, -0.2) is 35.8 Å². The van der Waals surface area contributed by atoms with Crippen LogP contribution in [0.15, 0.2) is 18.2 Å². The van der Waals surface area contributed by atoms with Crippen molar-refractivity contribution in [2.24, 2.45) is 11.8 Å². The number of hydrogen-bond acceptors (Lipinski definition) is 2. The Morgan fingerprint density at radius 3 is 2.31 bits per heavy atom. The molecule has 0 bridgehead atoms. The molecule has 1 heterocycles. The van der Waals surface area contributed by atoms with Crippen molar-refractivity contribution in [3.05, 3.63) is 35.4 Å². The second-order valence-electron chi connectivity index (χ2n) is 8.92. The van der Waals surface area contributed by atoms with E-state index in [1.165, 1.54) is 18.9 Å². The molecule has 6 heteroatoms. The number of nitrogens with zero attached hydrogens (tertiary/aromatic N) is 1. The molecule has 2 amide bonds. The lowest BCUT2D eigenvalue weighted by molar-refractivity contribution is -0.138. The van der Waals surface area contributed by atoms with Crippen LogP contribution >= 0.6 is 0 Å². The van der Waals surface area contributed by atoms with E-state index in [-0.39, 0.29) is 23.7 Å². The summed E-state index contributed by atoms with van der Waals surface area (Å²) in [4.78, 5) is 27.3. The van der Waals surface area contributed by atoms with Crippen molar-refractivity contribution in [2.45, 2.75) is 70.8 Å². The summed E-state index contributed by atoms with van der Waals surface area (Å²) in [5, 5.41) is 2.98. The highest BCUT2D eigenvalue weighted by atomic mass is 19.2. The number of halogens is 2. The van der Waals surface area contributed by atoms with Gasteiger partial charge in [0.25, 0.3) is 0 Å². The first-order chi connectivity index (χ1) is 13.8. The highest BCUT2D eigenvalue weighted by Crippen LogP contribution is 2.30. The highest BCUT2D eigenvalue weighted by Gasteiger charge is 2.32. The molecule has 1 saturated heterocycles. The Hall–Kier alpha value is -1.98. The van der Waals surface area contributed by atoms with Gasteiger partial charge < -0.3 is 10.2 Å². The van der Waals surface area contributed by atoms with E-state index < -0.39 is 17.7 Å². The van der Waals surface area contributed by atoms with E-state index in [9.17, 15) is 18.4 Å². The van der Waals surface area contributed by atoms with Crippen LogP contribution in [0.25, 0.3) is 0 Å². The molecule has 1 aliphatic heterocycles. The van der Waals surface area contributed by atoms with E-state index in [4.69, 9.17) is 0 Å². The lowest BCUT2D eigenvalue weighted by atomic mass is 9.88. The number of hydrogen-bond donors (Lipinski definition) is 1. The maximum absolute atomic E-state index is 13.5. The predicted octanol–water partition coefficient (Wildman–Crippen LogP) is 4.39. The smallest absolute Gasteiger partial charge is 0.245 e. The van der Waals surface area contributed by atoms with Crippen molar-refractivity contribution < 1.29 is 18.4 Å². The van der Waals surface area contributed by atoms with E-state index >= 15 is 0 Å². The van der Waals surface area contributed by atoms with E-state index in [1.54, 1.807) is 11.0 Å². The molecule has 0 radical (unpaired) electrons. The molecule has 1 atom stereocenters. The van der Waals surface area contributed by atoms with Gasteiger partial charge in [0.1, 0.15) is 6.04 Å². The number of likely N-dealkylation sites (tertiary alicyclic amines) is 1. The molecule has 29 heavy (non-hydrogen) atoms. The first kappa shape index (κ1) is 21.7. The Labute approximate surface area is 172 Å². The highest BCUT2D eigenvalue weighted by molar-refractivity contribution is 5.88. The molecular formula is C23H32F2N2O2. The molecule has 160 valence electrons. The molecule has 0 spiro atoms. The Bertz CT molecular complexity index is 724. The molecule has 1 aromatic rings. The second-order valence-corrected chi connectivity index (χ2v) is 8.92. The van der Waals surface area contributed by atoms with Gasteiger partial charge in [-0.3, -0.25) is 9.59 Å². The molecule has 1 N–H and O–H groups in total. The van der Waals surface area contributed by atoms with Gasteiger partial charge in [-0.25, -0.2) is 8.78 Å². The average Bonchev–Trinajstić information content (AvgIpc) is 3.20. The molecule has 0 aromatic heterocycles. The summed E-state index contributed by atoms with van der Waals surface area (Å²) >= 11 is 0. The van der Waals surface area contributed by atoms with Crippen LogP contribution < -0.4 is 5.32 Å². The second kappa shape index (κ2) is 9.68. The van der Waals surface area contributed by atoms with Crippen molar-refractivity contribution in [3.63, 3.8) is 0 Å². The number of carbonyl (C=O) groups excluding carboxylic acids is 2. The molecule has 1 aromatic carbocycles.